The Morgan fingerprint density at radius 1 is 1.09 bits per heavy atom. The summed E-state index contributed by atoms with van der Waals surface area (Å²) < 4.78 is 5.96. The number of fused-ring (bicyclic) bond motifs is 1. The van der Waals surface area contributed by atoms with Gasteiger partial charge in [0.15, 0.2) is 0 Å². The number of benzene rings is 2. The maximum absolute atomic E-state index is 11.0. The van der Waals surface area contributed by atoms with Crippen LogP contribution in [0.5, 0.6) is 5.75 Å². The van der Waals surface area contributed by atoms with Crippen LogP contribution in [0.1, 0.15) is 17.7 Å². The average Bonchev–Trinajstić information content (AvgIpc) is 3.29. The van der Waals surface area contributed by atoms with Crippen molar-refractivity contribution in [1.82, 2.24) is 14.9 Å². The van der Waals surface area contributed by atoms with E-state index in [4.69, 9.17) is 4.74 Å². The van der Waals surface area contributed by atoms with Crippen molar-refractivity contribution in [2.75, 3.05) is 18.4 Å². The molecule has 5 rings (SSSR count). The molecule has 0 saturated heterocycles. The van der Waals surface area contributed by atoms with Crippen molar-refractivity contribution < 1.29 is 9.53 Å². The molecule has 0 radical (unpaired) electrons. The molecular weight excluding hydrogens is 400 g/mol. The molecule has 0 bridgehead atoms. The zero-order valence-electron chi connectivity index (χ0n) is 17.6. The Morgan fingerprint density at radius 3 is 2.81 bits per heavy atom. The highest BCUT2D eigenvalue weighted by molar-refractivity contribution is 5.94. The minimum Gasteiger partial charge on any atom is -0.489 e. The van der Waals surface area contributed by atoms with Gasteiger partial charge in [-0.15, -0.1) is 0 Å². The van der Waals surface area contributed by atoms with Gasteiger partial charge in [-0.2, -0.15) is 0 Å². The summed E-state index contributed by atoms with van der Waals surface area (Å²) in [5.74, 6) is 0.811. The molecule has 6 heteroatoms. The molecule has 6 nitrogen and oxygen atoms in total. The third-order valence-corrected chi connectivity index (χ3v) is 5.63. The van der Waals surface area contributed by atoms with Gasteiger partial charge in [0.2, 0.25) is 6.41 Å². The Bertz CT molecular complexity index is 1260. The molecule has 2 aromatic carbocycles. The molecule has 0 spiro atoms. The Kier molecular flexibility index (Phi) is 5.58. The molecular formula is C26H24N4O2. The molecule has 0 aliphatic carbocycles. The van der Waals surface area contributed by atoms with Crippen LogP contribution in [0.15, 0.2) is 79.0 Å². The molecule has 0 unspecified atom stereocenters. The highest BCUT2D eigenvalue weighted by atomic mass is 16.5. The fourth-order valence-corrected chi connectivity index (χ4v) is 3.89. The van der Waals surface area contributed by atoms with E-state index < -0.39 is 0 Å². The number of carbonyl (C=O) groups is 1. The van der Waals surface area contributed by atoms with Crippen molar-refractivity contribution in [3.05, 3.63) is 90.3 Å². The van der Waals surface area contributed by atoms with E-state index in [9.17, 15) is 4.79 Å². The van der Waals surface area contributed by atoms with Crippen molar-refractivity contribution >= 4 is 34.4 Å². The predicted octanol–water partition coefficient (Wildman–Crippen LogP) is 5.13. The normalized spacial score (nSPS) is 13.6. The third-order valence-electron chi connectivity index (χ3n) is 5.63. The first-order chi connectivity index (χ1) is 15.8. The van der Waals surface area contributed by atoms with Crippen molar-refractivity contribution in [3.63, 3.8) is 0 Å². The summed E-state index contributed by atoms with van der Waals surface area (Å²) >= 11 is 0. The van der Waals surface area contributed by atoms with Crippen LogP contribution >= 0.6 is 0 Å². The zero-order valence-corrected chi connectivity index (χ0v) is 17.6. The fourth-order valence-electron chi connectivity index (χ4n) is 3.89. The second-order valence-corrected chi connectivity index (χ2v) is 7.81. The molecule has 32 heavy (non-hydrogen) atoms. The standard InChI is InChI=1S/C26H24N4O2/c31-18-30-13-10-20(11-14-30)25-16-23-24(9-12-27-26(23)29-25)28-21-7-4-8-22(15-21)32-17-19-5-2-1-3-6-19/h1-10,12,15-16,18H,11,13-14,17H2,(H2,27,28,29). The summed E-state index contributed by atoms with van der Waals surface area (Å²) in [6, 6.07) is 22.2. The number of hydrogen-bond acceptors (Lipinski definition) is 4. The molecule has 2 aromatic heterocycles. The molecule has 1 aliphatic heterocycles. The van der Waals surface area contributed by atoms with Crippen LogP contribution in [0.4, 0.5) is 11.4 Å². The van der Waals surface area contributed by atoms with Gasteiger partial charge in [-0.25, -0.2) is 4.98 Å². The summed E-state index contributed by atoms with van der Waals surface area (Å²) in [4.78, 5) is 20.6. The number of rotatable bonds is 7. The van der Waals surface area contributed by atoms with E-state index in [0.717, 1.165) is 58.8 Å². The van der Waals surface area contributed by atoms with E-state index in [2.05, 4.69) is 39.6 Å². The number of nitrogens with zero attached hydrogens (tertiary/aromatic N) is 2. The van der Waals surface area contributed by atoms with Crippen LogP contribution in [0.25, 0.3) is 16.6 Å². The fraction of sp³-hybridized carbons (Fsp3) is 0.154. The minimum absolute atomic E-state index is 0.529. The van der Waals surface area contributed by atoms with E-state index in [0.29, 0.717) is 13.2 Å². The molecule has 1 aliphatic rings. The van der Waals surface area contributed by atoms with E-state index in [-0.39, 0.29) is 0 Å². The van der Waals surface area contributed by atoms with Crippen LogP contribution in [0.2, 0.25) is 0 Å². The number of hydrogen-bond donors (Lipinski definition) is 2. The van der Waals surface area contributed by atoms with Gasteiger partial charge >= 0.3 is 0 Å². The second-order valence-electron chi connectivity index (χ2n) is 7.81. The van der Waals surface area contributed by atoms with Crippen molar-refractivity contribution in [3.8, 4) is 5.75 Å². The van der Waals surface area contributed by atoms with Gasteiger partial charge in [0.1, 0.15) is 18.0 Å². The van der Waals surface area contributed by atoms with Crippen LogP contribution < -0.4 is 10.1 Å². The van der Waals surface area contributed by atoms with E-state index in [1.807, 2.05) is 48.5 Å². The van der Waals surface area contributed by atoms with E-state index >= 15 is 0 Å². The maximum Gasteiger partial charge on any atom is 0.209 e. The Hall–Kier alpha value is -4.06. The van der Waals surface area contributed by atoms with Crippen molar-refractivity contribution in [2.45, 2.75) is 13.0 Å². The highest BCUT2D eigenvalue weighted by Gasteiger charge is 2.15. The summed E-state index contributed by atoms with van der Waals surface area (Å²) in [7, 11) is 0. The Labute approximate surface area is 186 Å². The molecule has 2 N–H and O–H groups in total. The molecule has 3 heterocycles. The summed E-state index contributed by atoms with van der Waals surface area (Å²) in [5, 5.41) is 4.53. The van der Waals surface area contributed by atoms with Gasteiger partial charge in [0.05, 0.1) is 5.69 Å². The van der Waals surface area contributed by atoms with Gasteiger partial charge < -0.3 is 19.9 Å². The number of ether oxygens (including phenoxy) is 1. The summed E-state index contributed by atoms with van der Waals surface area (Å²) in [6.07, 6.45) is 5.63. The van der Waals surface area contributed by atoms with Gasteiger partial charge in [0, 0.05) is 42.1 Å². The largest absolute Gasteiger partial charge is 0.489 e. The average molecular weight is 425 g/mol. The molecule has 0 saturated carbocycles. The lowest BCUT2D eigenvalue weighted by molar-refractivity contribution is -0.117. The lowest BCUT2D eigenvalue weighted by Gasteiger charge is -2.21. The maximum atomic E-state index is 11.0. The topological polar surface area (TPSA) is 70.2 Å². The number of H-pyrrole nitrogens is 1. The monoisotopic (exact) mass is 424 g/mol. The molecule has 4 aromatic rings. The quantitative estimate of drug-likeness (QED) is 0.404. The molecule has 160 valence electrons. The number of pyridine rings is 1. The van der Waals surface area contributed by atoms with E-state index in [1.165, 1.54) is 5.57 Å². The van der Waals surface area contributed by atoms with Crippen LogP contribution in [0.3, 0.4) is 0 Å². The smallest absolute Gasteiger partial charge is 0.209 e. The third kappa shape index (κ3) is 4.34. The van der Waals surface area contributed by atoms with Gasteiger partial charge in [-0.3, -0.25) is 4.79 Å². The first-order valence-electron chi connectivity index (χ1n) is 10.7. The highest BCUT2D eigenvalue weighted by Crippen LogP contribution is 2.31. The molecule has 1 amide bonds. The van der Waals surface area contributed by atoms with Crippen LogP contribution in [0, 0.1) is 0 Å². The number of aromatic nitrogens is 2. The lowest BCUT2D eigenvalue weighted by atomic mass is 10.1. The lowest BCUT2D eigenvalue weighted by Crippen LogP contribution is -2.26. The first-order valence-corrected chi connectivity index (χ1v) is 10.7. The van der Waals surface area contributed by atoms with Crippen molar-refractivity contribution in [1.29, 1.82) is 0 Å². The number of carbonyl (C=O) groups excluding carboxylic acids is 1. The first kappa shape index (κ1) is 19.9. The Balaban J connectivity index is 1.35. The Morgan fingerprint density at radius 2 is 2.00 bits per heavy atom. The predicted molar refractivity (Wildman–Crippen MR) is 127 cm³/mol. The van der Waals surface area contributed by atoms with Crippen LogP contribution in [-0.4, -0.2) is 34.4 Å². The SMILES string of the molecule is O=CN1CC=C(c2cc3c(Nc4cccc(OCc5ccccc5)c4)ccnc3[nH]2)CC1. The number of anilines is 2. The van der Waals surface area contributed by atoms with Crippen LogP contribution in [-0.2, 0) is 11.4 Å². The zero-order chi connectivity index (χ0) is 21.8. The van der Waals surface area contributed by atoms with Gasteiger partial charge in [0.25, 0.3) is 0 Å². The molecule has 0 atom stereocenters. The van der Waals surface area contributed by atoms with Gasteiger partial charge in [-0.1, -0.05) is 42.5 Å². The minimum atomic E-state index is 0.529. The second kappa shape index (κ2) is 8.98. The summed E-state index contributed by atoms with van der Waals surface area (Å²) in [5.41, 5.74) is 6.15. The summed E-state index contributed by atoms with van der Waals surface area (Å²) in [6.45, 7) is 1.91. The van der Waals surface area contributed by atoms with Gasteiger partial charge in [-0.05, 0) is 41.8 Å². The van der Waals surface area contributed by atoms with E-state index in [1.54, 1.807) is 11.1 Å². The van der Waals surface area contributed by atoms with Crippen molar-refractivity contribution in [2.24, 2.45) is 0 Å². The molecule has 0 fully saturated rings. The number of nitrogens with one attached hydrogen (secondary N) is 2. The number of aromatic amines is 1. The number of amides is 1.